The van der Waals surface area contributed by atoms with Crippen LogP contribution < -0.4 is 5.32 Å². The first-order valence-corrected chi connectivity index (χ1v) is 6.29. The number of ether oxygens (including phenoxy) is 1. The number of nitrogens with one attached hydrogen (secondary N) is 1. The van der Waals surface area contributed by atoms with Crippen LogP contribution in [0.3, 0.4) is 0 Å². The van der Waals surface area contributed by atoms with E-state index in [4.69, 9.17) is 4.74 Å². The second-order valence-electron chi connectivity index (χ2n) is 5.11. The monoisotopic (exact) mass is 267 g/mol. The van der Waals surface area contributed by atoms with Crippen LogP contribution >= 0.6 is 0 Å². The van der Waals surface area contributed by atoms with E-state index in [1.165, 1.54) is 0 Å². The molecule has 0 spiro atoms. The molecular formula is C13H17NO5. The second kappa shape index (κ2) is 4.73. The van der Waals surface area contributed by atoms with Crippen LogP contribution in [0.2, 0.25) is 0 Å². The van der Waals surface area contributed by atoms with Gasteiger partial charge in [-0.05, 0) is 17.7 Å². The zero-order valence-corrected chi connectivity index (χ0v) is 10.2. The minimum atomic E-state index is -1.19. The van der Waals surface area contributed by atoms with Gasteiger partial charge in [0.05, 0.1) is 6.04 Å². The fourth-order valence-corrected chi connectivity index (χ4v) is 2.59. The van der Waals surface area contributed by atoms with E-state index in [-0.39, 0.29) is 11.9 Å². The molecule has 6 atom stereocenters. The molecule has 0 unspecified atom stereocenters. The van der Waals surface area contributed by atoms with Crippen molar-refractivity contribution >= 4 is 0 Å². The van der Waals surface area contributed by atoms with Gasteiger partial charge in [-0.2, -0.15) is 0 Å². The Balaban J connectivity index is 1.62. The van der Waals surface area contributed by atoms with Gasteiger partial charge < -0.3 is 30.5 Å². The van der Waals surface area contributed by atoms with Gasteiger partial charge in [-0.15, -0.1) is 0 Å². The molecule has 6 nitrogen and oxygen atoms in total. The first-order chi connectivity index (χ1) is 9.08. The van der Waals surface area contributed by atoms with Crippen molar-refractivity contribution in [2.75, 3.05) is 0 Å². The van der Waals surface area contributed by atoms with Crippen molar-refractivity contribution in [2.45, 2.75) is 43.1 Å². The third kappa shape index (κ3) is 2.33. The zero-order chi connectivity index (χ0) is 13.6. The Kier molecular flexibility index (Phi) is 3.20. The molecule has 0 bridgehead atoms. The van der Waals surface area contributed by atoms with E-state index in [1.54, 1.807) is 24.3 Å². The van der Waals surface area contributed by atoms with Crippen LogP contribution in [-0.2, 0) is 11.3 Å². The van der Waals surface area contributed by atoms with Crippen molar-refractivity contribution in [1.29, 1.82) is 0 Å². The number of epoxide rings is 1. The maximum Gasteiger partial charge on any atom is 0.115 e. The van der Waals surface area contributed by atoms with E-state index >= 15 is 0 Å². The van der Waals surface area contributed by atoms with E-state index in [0.717, 1.165) is 5.56 Å². The number of hydrogen-bond acceptors (Lipinski definition) is 6. The van der Waals surface area contributed by atoms with Crippen LogP contribution in [0, 0.1) is 0 Å². The lowest BCUT2D eigenvalue weighted by molar-refractivity contribution is -0.0876. The Bertz CT molecular complexity index is 451. The summed E-state index contributed by atoms with van der Waals surface area (Å²) in [6.07, 6.45) is -3.93. The molecule has 1 aromatic carbocycles. The van der Waals surface area contributed by atoms with E-state index < -0.39 is 30.5 Å². The summed E-state index contributed by atoms with van der Waals surface area (Å²) in [4.78, 5) is 0. The third-order valence-electron chi connectivity index (χ3n) is 3.80. The third-order valence-corrected chi connectivity index (χ3v) is 3.80. The lowest BCUT2D eigenvalue weighted by Gasteiger charge is -2.32. The minimum absolute atomic E-state index is 0.200. The Morgan fingerprint density at radius 1 is 0.947 bits per heavy atom. The molecule has 104 valence electrons. The van der Waals surface area contributed by atoms with E-state index in [9.17, 15) is 20.4 Å². The average molecular weight is 267 g/mol. The summed E-state index contributed by atoms with van der Waals surface area (Å²) in [5.41, 5.74) is 0.947. The van der Waals surface area contributed by atoms with Gasteiger partial charge in [0.15, 0.2) is 0 Å². The second-order valence-corrected chi connectivity index (χ2v) is 5.11. The van der Waals surface area contributed by atoms with Crippen LogP contribution in [-0.4, -0.2) is 57.0 Å². The van der Waals surface area contributed by atoms with Crippen LogP contribution in [0.15, 0.2) is 24.3 Å². The molecule has 2 fully saturated rings. The molecule has 1 aliphatic heterocycles. The standard InChI is InChI=1S/C13H17NO5/c15-7-3-1-6(2-4-7)5-14-8-9(16)10(17)11(18)13-12(8)19-13/h1-4,8-18H,5H2/t8-,9+,10-,11+,12+,13-/m1/s1. The molecule has 3 rings (SSSR count). The molecular weight excluding hydrogens is 250 g/mol. The lowest BCUT2D eigenvalue weighted by atomic mass is 9.87. The predicted molar refractivity (Wildman–Crippen MR) is 65.4 cm³/mol. The molecule has 6 heteroatoms. The zero-order valence-electron chi connectivity index (χ0n) is 10.2. The number of rotatable bonds is 3. The van der Waals surface area contributed by atoms with Crippen molar-refractivity contribution < 1.29 is 25.2 Å². The number of aliphatic hydroxyl groups is 3. The Labute approximate surface area is 110 Å². The predicted octanol–water partition coefficient (Wildman–Crippen LogP) is -1.29. The maximum atomic E-state index is 9.93. The molecule has 1 saturated carbocycles. The molecule has 0 amide bonds. The van der Waals surface area contributed by atoms with Crippen LogP contribution in [0.4, 0.5) is 0 Å². The molecule has 1 heterocycles. The number of phenolic OH excluding ortho intramolecular Hbond substituents is 1. The highest BCUT2D eigenvalue weighted by Crippen LogP contribution is 2.37. The Morgan fingerprint density at radius 3 is 2.32 bits per heavy atom. The van der Waals surface area contributed by atoms with E-state index in [2.05, 4.69) is 5.32 Å². The van der Waals surface area contributed by atoms with Gasteiger partial charge in [0, 0.05) is 6.54 Å². The molecule has 1 aliphatic carbocycles. The van der Waals surface area contributed by atoms with Gasteiger partial charge in [-0.25, -0.2) is 0 Å². The SMILES string of the molecule is Oc1ccc(CN[C@@H]2[C@H](O)[C@@H](O)[C@H](O)[C@H]3O[C@@H]23)cc1. The highest BCUT2D eigenvalue weighted by atomic mass is 16.6. The normalized spacial score (nSPS) is 40.8. The topological polar surface area (TPSA) is 105 Å². The molecule has 0 radical (unpaired) electrons. The van der Waals surface area contributed by atoms with Crippen LogP contribution in [0.25, 0.3) is 0 Å². The van der Waals surface area contributed by atoms with Crippen molar-refractivity contribution in [3.8, 4) is 5.75 Å². The van der Waals surface area contributed by atoms with Crippen molar-refractivity contribution in [2.24, 2.45) is 0 Å². The van der Waals surface area contributed by atoms with Gasteiger partial charge in [0.2, 0.25) is 0 Å². The Hall–Kier alpha value is -1.18. The summed E-state index contributed by atoms with van der Waals surface area (Å²) >= 11 is 0. The first kappa shape index (κ1) is 12.8. The average Bonchev–Trinajstić information content (AvgIpc) is 3.18. The van der Waals surface area contributed by atoms with Crippen molar-refractivity contribution in [3.05, 3.63) is 29.8 Å². The van der Waals surface area contributed by atoms with Gasteiger partial charge in [0.1, 0.15) is 36.3 Å². The first-order valence-electron chi connectivity index (χ1n) is 6.29. The fourth-order valence-electron chi connectivity index (χ4n) is 2.59. The number of fused-ring (bicyclic) bond motifs is 1. The van der Waals surface area contributed by atoms with Gasteiger partial charge >= 0.3 is 0 Å². The summed E-state index contributed by atoms with van der Waals surface area (Å²) in [6.45, 7) is 0.484. The summed E-state index contributed by atoms with van der Waals surface area (Å²) in [5, 5.41) is 41.5. The number of aliphatic hydroxyl groups excluding tert-OH is 3. The summed E-state index contributed by atoms with van der Waals surface area (Å²) in [5.74, 6) is 0.200. The van der Waals surface area contributed by atoms with Crippen LogP contribution in [0.5, 0.6) is 5.75 Å². The molecule has 5 N–H and O–H groups in total. The quantitative estimate of drug-likeness (QED) is 0.437. The van der Waals surface area contributed by atoms with Gasteiger partial charge in [-0.1, -0.05) is 12.1 Å². The van der Waals surface area contributed by atoms with Gasteiger partial charge in [-0.3, -0.25) is 0 Å². The molecule has 2 aliphatic rings. The highest BCUT2D eigenvalue weighted by molar-refractivity contribution is 5.26. The maximum absolute atomic E-state index is 9.93. The molecule has 0 aromatic heterocycles. The lowest BCUT2D eigenvalue weighted by Crippen LogP contribution is -2.58. The minimum Gasteiger partial charge on any atom is -0.508 e. The van der Waals surface area contributed by atoms with E-state index in [0.29, 0.717) is 6.54 Å². The molecule has 1 aromatic rings. The summed E-state index contributed by atoms with van der Waals surface area (Å²) in [7, 11) is 0. The largest absolute Gasteiger partial charge is 0.508 e. The van der Waals surface area contributed by atoms with Crippen LogP contribution in [0.1, 0.15) is 5.56 Å². The van der Waals surface area contributed by atoms with Gasteiger partial charge in [0.25, 0.3) is 0 Å². The Morgan fingerprint density at radius 2 is 1.63 bits per heavy atom. The van der Waals surface area contributed by atoms with Crippen molar-refractivity contribution in [1.82, 2.24) is 5.32 Å². The number of aromatic hydroxyl groups is 1. The number of hydrogen-bond donors (Lipinski definition) is 5. The fraction of sp³-hybridized carbons (Fsp3) is 0.538. The highest BCUT2D eigenvalue weighted by Gasteiger charge is 2.59. The van der Waals surface area contributed by atoms with Crippen molar-refractivity contribution in [3.63, 3.8) is 0 Å². The molecule has 19 heavy (non-hydrogen) atoms. The smallest absolute Gasteiger partial charge is 0.115 e. The summed E-state index contributed by atoms with van der Waals surface area (Å²) < 4.78 is 5.28. The summed E-state index contributed by atoms with van der Waals surface area (Å²) in [6, 6.07) is 6.31. The molecule has 1 saturated heterocycles. The number of phenols is 1. The van der Waals surface area contributed by atoms with E-state index in [1.807, 2.05) is 0 Å². The number of benzene rings is 1.